The minimum Gasteiger partial charge on any atom is -0.378 e. The summed E-state index contributed by atoms with van der Waals surface area (Å²) >= 11 is 0. The summed E-state index contributed by atoms with van der Waals surface area (Å²) in [4.78, 5) is 11.6. The van der Waals surface area contributed by atoms with Crippen molar-refractivity contribution in [2.45, 2.75) is 76.0 Å². The van der Waals surface area contributed by atoms with E-state index in [4.69, 9.17) is 10.5 Å². The number of ether oxygens (including phenoxy) is 1. The summed E-state index contributed by atoms with van der Waals surface area (Å²) in [5.74, 6) is 0. The molecule has 2 rings (SSSR count). The predicted octanol–water partition coefficient (Wildman–Crippen LogP) is 1.90. The van der Waals surface area contributed by atoms with Gasteiger partial charge >= 0.3 is 6.03 Å². The molecule has 4 N–H and O–H groups in total. The van der Waals surface area contributed by atoms with Crippen molar-refractivity contribution in [3.8, 4) is 0 Å². The van der Waals surface area contributed by atoms with E-state index in [1.54, 1.807) is 0 Å². The van der Waals surface area contributed by atoms with E-state index < -0.39 is 0 Å². The Morgan fingerprint density at radius 3 is 2.50 bits per heavy atom. The Balaban J connectivity index is 1.44. The average molecular weight is 283 g/mol. The number of hydrogen-bond donors (Lipinski definition) is 3. The van der Waals surface area contributed by atoms with Crippen LogP contribution in [0.1, 0.15) is 57.8 Å². The third-order valence-electron chi connectivity index (χ3n) is 4.37. The van der Waals surface area contributed by atoms with Gasteiger partial charge in [0.1, 0.15) is 0 Å². The molecule has 0 aliphatic heterocycles. The normalized spacial score (nSPS) is 27.4. The van der Waals surface area contributed by atoms with Crippen LogP contribution in [-0.2, 0) is 4.74 Å². The molecule has 0 atom stereocenters. The first kappa shape index (κ1) is 15.6. The van der Waals surface area contributed by atoms with Gasteiger partial charge in [-0.2, -0.15) is 0 Å². The first-order chi connectivity index (χ1) is 9.74. The van der Waals surface area contributed by atoms with Gasteiger partial charge in [-0.25, -0.2) is 4.79 Å². The van der Waals surface area contributed by atoms with Crippen LogP contribution in [0.4, 0.5) is 4.79 Å². The Morgan fingerprint density at radius 2 is 1.80 bits per heavy atom. The maximum absolute atomic E-state index is 11.6. The molecule has 2 aliphatic rings. The molecule has 2 amide bonds. The summed E-state index contributed by atoms with van der Waals surface area (Å²) < 4.78 is 5.82. The molecule has 0 aromatic heterocycles. The molecule has 2 saturated carbocycles. The van der Waals surface area contributed by atoms with Crippen LogP contribution in [0.5, 0.6) is 0 Å². The Bertz CT molecular complexity index is 285. The Hall–Kier alpha value is -0.810. The fourth-order valence-electron chi connectivity index (χ4n) is 3.09. The summed E-state index contributed by atoms with van der Waals surface area (Å²) in [5, 5.41) is 5.92. The third kappa shape index (κ3) is 5.67. The summed E-state index contributed by atoms with van der Waals surface area (Å²) in [7, 11) is 0. The van der Waals surface area contributed by atoms with E-state index in [1.165, 1.54) is 12.8 Å². The molecule has 0 radical (unpaired) electrons. The second-order valence-corrected chi connectivity index (χ2v) is 6.14. The fourth-order valence-corrected chi connectivity index (χ4v) is 3.09. The van der Waals surface area contributed by atoms with Crippen molar-refractivity contribution in [3.05, 3.63) is 0 Å². The second kappa shape index (κ2) is 8.47. The number of rotatable bonds is 6. The molecular formula is C15H29N3O2. The number of nitrogens with two attached hydrogens (primary N) is 1. The lowest BCUT2D eigenvalue weighted by atomic mass is 9.94. The average Bonchev–Trinajstić information content (AvgIpc) is 2.93. The van der Waals surface area contributed by atoms with Gasteiger partial charge in [0.15, 0.2) is 0 Å². The highest BCUT2D eigenvalue weighted by Crippen LogP contribution is 2.19. The van der Waals surface area contributed by atoms with Crippen molar-refractivity contribution < 1.29 is 9.53 Å². The van der Waals surface area contributed by atoms with Crippen molar-refractivity contribution >= 4 is 6.03 Å². The molecule has 116 valence electrons. The van der Waals surface area contributed by atoms with Gasteiger partial charge in [0.2, 0.25) is 0 Å². The maximum atomic E-state index is 11.6. The van der Waals surface area contributed by atoms with Crippen LogP contribution in [0.2, 0.25) is 0 Å². The lowest BCUT2D eigenvalue weighted by Crippen LogP contribution is -2.41. The van der Waals surface area contributed by atoms with Crippen LogP contribution < -0.4 is 16.4 Å². The quantitative estimate of drug-likeness (QED) is 0.652. The highest BCUT2D eigenvalue weighted by atomic mass is 16.5. The summed E-state index contributed by atoms with van der Waals surface area (Å²) in [6.07, 6.45) is 10.3. The zero-order valence-electron chi connectivity index (χ0n) is 12.4. The van der Waals surface area contributed by atoms with Crippen molar-refractivity contribution in [1.29, 1.82) is 0 Å². The molecule has 0 unspecified atom stereocenters. The Morgan fingerprint density at radius 1 is 1.10 bits per heavy atom. The number of amides is 2. The standard InChI is InChI=1S/C15H29N3O2/c16-12-6-8-14(9-7-12)20-11-3-10-17-15(19)18-13-4-1-2-5-13/h12-14H,1-11,16H2,(H2,17,18,19). The molecule has 5 heteroatoms. The molecule has 0 aromatic rings. The van der Waals surface area contributed by atoms with E-state index in [-0.39, 0.29) is 6.03 Å². The van der Waals surface area contributed by atoms with E-state index in [0.29, 0.717) is 24.7 Å². The Kier molecular flexibility index (Phi) is 6.60. The van der Waals surface area contributed by atoms with Crippen molar-refractivity contribution in [2.75, 3.05) is 13.2 Å². The van der Waals surface area contributed by atoms with Crippen LogP contribution in [0.3, 0.4) is 0 Å². The van der Waals surface area contributed by atoms with Crippen LogP contribution >= 0.6 is 0 Å². The summed E-state index contributed by atoms with van der Waals surface area (Å²) in [6.45, 7) is 1.41. The molecule has 0 saturated heterocycles. The van der Waals surface area contributed by atoms with Crippen LogP contribution in [0.15, 0.2) is 0 Å². The van der Waals surface area contributed by atoms with E-state index in [0.717, 1.165) is 51.6 Å². The van der Waals surface area contributed by atoms with Gasteiger partial charge < -0.3 is 21.1 Å². The molecule has 2 fully saturated rings. The Labute approximate surface area is 122 Å². The zero-order chi connectivity index (χ0) is 14.2. The molecule has 0 aromatic carbocycles. The van der Waals surface area contributed by atoms with Crippen molar-refractivity contribution in [2.24, 2.45) is 5.73 Å². The summed E-state index contributed by atoms with van der Waals surface area (Å²) in [5.41, 5.74) is 5.86. The van der Waals surface area contributed by atoms with E-state index in [2.05, 4.69) is 10.6 Å². The number of hydrogen-bond acceptors (Lipinski definition) is 3. The minimum atomic E-state index is -0.0273. The second-order valence-electron chi connectivity index (χ2n) is 6.14. The lowest BCUT2D eigenvalue weighted by molar-refractivity contribution is 0.0243. The van der Waals surface area contributed by atoms with Gasteiger partial charge in [-0.05, 0) is 44.9 Å². The number of urea groups is 1. The molecular weight excluding hydrogens is 254 g/mol. The van der Waals surface area contributed by atoms with Crippen molar-refractivity contribution in [1.82, 2.24) is 10.6 Å². The van der Waals surface area contributed by atoms with Crippen LogP contribution in [0.25, 0.3) is 0 Å². The SMILES string of the molecule is NC1CCC(OCCCNC(=O)NC2CCCC2)CC1. The van der Waals surface area contributed by atoms with Gasteiger partial charge in [-0.1, -0.05) is 12.8 Å². The third-order valence-corrected chi connectivity index (χ3v) is 4.37. The number of nitrogens with one attached hydrogen (secondary N) is 2. The molecule has 0 spiro atoms. The molecule has 20 heavy (non-hydrogen) atoms. The highest BCUT2D eigenvalue weighted by molar-refractivity contribution is 5.74. The molecule has 0 bridgehead atoms. The van der Waals surface area contributed by atoms with Gasteiger partial charge in [0.25, 0.3) is 0 Å². The highest BCUT2D eigenvalue weighted by Gasteiger charge is 2.19. The first-order valence-electron chi connectivity index (χ1n) is 8.15. The minimum absolute atomic E-state index is 0.0273. The van der Waals surface area contributed by atoms with Gasteiger partial charge in [-0.15, -0.1) is 0 Å². The summed E-state index contributed by atoms with van der Waals surface area (Å²) in [6, 6.07) is 0.731. The van der Waals surface area contributed by atoms with E-state index in [1.807, 2.05) is 0 Å². The number of carbonyl (C=O) groups is 1. The van der Waals surface area contributed by atoms with Crippen LogP contribution in [0, 0.1) is 0 Å². The van der Waals surface area contributed by atoms with Crippen molar-refractivity contribution in [3.63, 3.8) is 0 Å². The van der Waals surface area contributed by atoms with Crippen LogP contribution in [-0.4, -0.2) is 37.4 Å². The topological polar surface area (TPSA) is 76.4 Å². The first-order valence-corrected chi connectivity index (χ1v) is 8.15. The van der Waals surface area contributed by atoms with Gasteiger partial charge in [0.05, 0.1) is 6.10 Å². The lowest BCUT2D eigenvalue weighted by Gasteiger charge is -2.26. The monoisotopic (exact) mass is 283 g/mol. The molecule has 2 aliphatic carbocycles. The number of carbonyl (C=O) groups excluding carboxylic acids is 1. The maximum Gasteiger partial charge on any atom is 0.315 e. The van der Waals surface area contributed by atoms with Gasteiger partial charge in [-0.3, -0.25) is 0 Å². The van der Waals surface area contributed by atoms with Gasteiger partial charge in [0, 0.05) is 25.2 Å². The van der Waals surface area contributed by atoms with E-state index >= 15 is 0 Å². The zero-order valence-corrected chi connectivity index (χ0v) is 12.4. The predicted molar refractivity (Wildman–Crippen MR) is 79.6 cm³/mol. The molecule has 5 nitrogen and oxygen atoms in total. The smallest absolute Gasteiger partial charge is 0.315 e. The largest absolute Gasteiger partial charge is 0.378 e. The fraction of sp³-hybridized carbons (Fsp3) is 0.933. The molecule has 0 heterocycles. The van der Waals surface area contributed by atoms with E-state index in [9.17, 15) is 4.79 Å².